The van der Waals surface area contributed by atoms with Crippen molar-refractivity contribution in [2.24, 2.45) is 0 Å². The van der Waals surface area contributed by atoms with E-state index < -0.39 is 0 Å². The molecule has 0 radical (unpaired) electrons. The molecule has 0 saturated carbocycles. The molecule has 0 bridgehead atoms. The Balaban J connectivity index is 1.71. The predicted molar refractivity (Wildman–Crippen MR) is 164 cm³/mol. The summed E-state index contributed by atoms with van der Waals surface area (Å²) in [6.07, 6.45) is 15.0. The number of hydrogen-bond donors (Lipinski definition) is 1. The molecule has 1 aromatic heterocycles. The fourth-order valence-corrected chi connectivity index (χ4v) is 4.56. The van der Waals surface area contributed by atoms with Gasteiger partial charge in [0.2, 0.25) is 0 Å². The van der Waals surface area contributed by atoms with Gasteiger partial charge in [0.1, 0.15) is 17.3 Å². The highest BCUT2D eigenvalue weighted by Gasteiger charge is 2.12. The van der Waals surface area contributed by atoms with E-state index in [-0.39, 0.29) is 5.75 Å². The fourth-order valence-electron chi connectivity index (χ4n) is 4.06. The highest BCUT2D eigenvalue weighted by molar-refractivity contribution is 6.36. The van der Waals surface area contributed by atoms with Crippen molar-refractivity contribution in [3.63, 3.8) is 0 Å². The Kier molecular flexibility index (Phi) is 9.48. The number of benzene rings is 3. The van der Waals surface area contributed by atoms with E-state index in [1.807, 2.05) is 77.5 Å². The molecular formula is C33H30Cl2N2O2. The van der Waals surface area contributed by atoms with Crippen LogP contribution in [-0.4, -0.2) is 21.8 Å². The average molecular weight is 558 g/mol. The number of ether oxygens (including phenoxy) is 1. The summed E-state index contributed by atoms with van der Waals surface area (Å²) < 4.78 is 7.67. The summed E-state index contributed by atoms with van der Waals surface area (Å²) in [6.45, 7) is 6.88. The SMILES string of the molecule is C=C(/C=C\C=C/CC)Cn1cc(-c2ccc(Cl)cc2Cl)nc1/C=C/c1cc(-c2ccc(O)cc2)ccc1OC. The Morgan fingerprint density at radius 1 is 1.00 bits per heavy atom. The molecule has 0 aliphatic rings. The molecule has 0 atom stereocenters. The first-order chi connectivity index (χ1) is 18.9. The summed E-state index contributed by atoms with van der Waals surface area (Å²) in [5.74, 6) is 1.71. The van der Waals surface area contributed by atoms with Gasteiger partial charge in [-0.15, -0.1) is 0 Å². The number of phenols is 1. The van der Waals surface area contributed by atoms with Gasteiger partial charge in [-0.3, -0.25) is 0 Å². The smallest absolute Gasteiger partial charge is 0.133 e. The second kappa shape index (κ2) is 13.2. The van der Waals surface area contributed by atoms with Gasteiger partial charge in [0.05, 0.1) is 17.8 Å². The van der Waals surface area contributed by atoms with Crippen LogP contribution in [0.25, 0.3) is 34.5 Å². The lowest BCUT2D eigenvalue weighted by molar-refractivity contribution is 0.414. The number of rotatable bonds is 10. The number of allylic oxidation sites excluding steroid dienone is 5. The van der Waals surface area contributed by atoms with E-state index in [4.69, 9.17) is 32.9 Å². The van der Waals surface area contributed by atoms with Crippen LogP contribution in [0.3, 0.4) is 0 Å². The van der Waals surface area contributed by atoms with Crippen molar-refractivity contribution < 1.29 is 9.84 Å². The molecule has 1 heterocycles. The van der Waals surface area contributed by atoms with E-state index in [1.54, 1.807) is 31.4 Å². The standard InChI is InChI=1S/C33H30Cl2N2O2/c1-4-5-6-7-8-23(2)21-37-22-31(29-16-13-27(34)20-30(29)35)36-33(37)18-12-26-19-25(11-17-32(26)39-3)24-9-14-28(38)15-10-24/h5-20,22,38H,2,4,21H2,1,3H3/b6-5-,8-7-,18-12+. The van der Waals surface area contributed by atoms with E-state index in [0.717, 1.165) is 51.5 Å². The zero-order chi connectivity index (χ0) is 27.8. The summed E-state index contributed by atoms with van der Waals surface area (Å²) >= 11 is 12.6. The molecule has 3 aromatic carbocycles. The summed E-state index contributed by atoms with van der Waals surface area (Å²) in [5, 5.41) is 10.8. The van der Waals surface area contributed by atoms with Crippen LogP contribution in [0, 0.1) is 0 Å². The van der Waals surface area contributed by atoms with Gasteiger partial charge in [0, 0.05) is 28.9 Å². The Bertz CT molecular complexity index is 1550. The first-order valence-electron chi connectivity index (χ1n) is 12.6. The molecule has 0 fully saturated rings. The number of methoxy groups -OCH3 is 1. The Hall–Kier alpha value is -3.99. The molecule has 4 aromatic rings. The third-order valence-corrected chi connectivity index (χ3v) is 6.59. The van der Waals surface area contributed by atoms with Gasteiger partial charge >= 0.3 is 0 Å². The summed E-state index contributed by atoms with van der Waals surface area (Å²) in [7, 11) is 1.65. The topological polar surface area (TPSA) is 47.3 Å². The normalized spacial score (nSPS) is 11.7. The molecule has 0 saturated heterocycles. The van der Waals surface area contributed by atoms with Gasteiger partial charge in [0.25, 0.3) is 0 Å². The van der Waals surface area contributed by atoms with Gasteiger partial charge in [-0.2, -0.15) is 0 Å². The molecule has 198 valence electrons. The van der Waals surface area contributed by atoms with Crippen molar-refractivity contribution in [1.29, 1.82) is 0 Å². The molecule has 1 N–H and O–H groups in total. The lowest BCUT2D eigenvalue weighted by atomic mass is 10.0. The summed E-state index contributed by atoms with van der Waals surface area (Å²) in [6, 6.07) is 18.5. The Labute approximate surface area is 239 Å². The maximum atomic E-state index is 9.66. The second-order valence-electron chi connectivity index (χ2n) is 8.93. The predicted octanol–water partition coefficient (Wildman–Crippen LogP) is 9.49. The van der Waals surface area contributed by atoms with Crippen LogP contribution in [-0.2, 0) is 6.54 Å². The number of halogens is 2. The van der Waals surface area contributed by atoms with E-state index >= 15 is 0 Å². The monoisotopic (exact) mass is 556 g/mol. The van der Waals surface area contributed by atoms with Crippen LogP contribution in [0.1, 0.15) is 24.7 Å². The zero-order valence-corrected chi connectivity index (χ0v) is 23.5. The number of hydrogen-bond acceptors (Lipinski definition) is 3. The summed E-state index contributed by atoms with van der Waals surface area (Å²) in [5.41, 5.74) is 5.37. The maximum absolute atomic E-state index is 9.66. The lowest BCUT2D eigenvalue weighted by Crippen LogP contribution is -2.00. The Morgan fingerprint density at radius 2 is 1.77 bits per heavy atom. The van der Waals surface area contributed by atoms with Gasteiger partial charge in [-0.1, -0.05) is 79.2 Å². The number of nitrogens with zero attached hydrogens (tertiary/aromatic N) is 2. The molecule has 6 heteroatoms. The van der Waals surface area contributed by atoms with E-state index in [0.29, 0.717) is 16.6 Å². The molecule has 0 amide bonds. The van der Waals surface area contributed by atoms with Crippen molar-refractivity contribution in [3.05, 3.63) is 125 Å². The number of phenolic OH excluding ortho intramolecular Hbond substituents is 1. The maximum Gasteiger partial charge on any atom is 0.133 e. The van der Waals surface area contributed by atoms with Gasteiger partial charge < -0.3 is 14.4 Å². The quantitative estimate of drug-likeness (QED) is 0.198. The van der Waals surface area contributed by atoms with Crippen molar-refractivity contribution in [1.82, 2.24) is 9.55 Å². The van der Waals surface area contributed by atoms with Gasteiger partial charge in [-0.05, 0) is 77.7 Å². The first kappa shape index (κ1) is 28.0. The minimum atomic E-state index is 0.230. The van der Waals surface area contributed by atoms with Crippen LogP contribution in [0.4, 0.5) is 0 Å². The zero-order valence-electron chi connectivity index (χ0n) is 21.9. The van der Waals surface area contributed by atoms with Crippen LogP contribution in [0.15, 0.2) is 103 Å². The molecule has 39 heavy (non-hydrogen) atoms. The molecule has 0 spiro atoms. The number of aromatic hydroxyl groups is 1. The number of imidazole rings is 1. The van der Waals surface area contributed by atoms with Crippen LogP contribution >= 0.6 is 23.2 Å². The van der Waals surface area contributed by atoms with Crippen LogP contribution in [0.2, 0.25) is 10.0 Å². The molecule has 4 rings (SSSR count). The number of aromatic nitrogens is 2. The molecular weight excluding hydrogens is 527 g/mol. The van der Waals surface area contributed by atoms with E-state index in [2.05, 4.69) is 19.6 Å². The third-order valence-electron chi connectivity index (χ3n) is 6.05. The molecule has 0 aliphatic carbocycles. The van der Waals surface area contributed by atoms with Crippen molar-refractivity contribution in [3.8, 4) is 33.9 Å². The summed E-state index contributed by atoms with van der Waals surface area (Å²) in [4.78, 5) is 4.90. The molecule has 0 aliphatic heterocycles. The van der Waals surface area contributed by atoms with E-state index in [9.17, 15) is 5.11 Å². The van der Waals surface area contributed by atoms with Gasteiger partial charge in [0.15, 0.2) is 0 Å². The molecule has 0 unspecified atom stereocenters. The third kappa shape index (κ3) is 7.32. The minimum Gasteiger partial charge on any atom is -0.508 e. The Morgan fingerprint density at radius 3 is 2.49 bits per heavy atom. The minimum absolute atomic E-state index is 0.230. The average Bonchev–Trinajstić information content (AvgIpc) is 3.32. The van der Waals surface area contributed by atoms with E-state index in [1.165, 1.54) is 0 Å². The first-order valence-corrected chi connectivity index (χ1v) is 13.3. The lowest BCUT2D eigenvalue weighted by Gasteiger charge is -2.09. The molecule has 4 nitrogen and oxygen atoms in total. The fraction of sp³-hybridized carbons (Fsp3) is 0.121. The highest BCUT2D eigenvalue weighted by Crippen LogP contribution is 2.32. The largest absolute Gasteiger partial charge is 0.508 e. The van der Waals surface area contributed by atoms with Crippen molar-refractivity contribution in [2.75, 3.05) is 7.11 Å². The highest BCUT2D eigenvalue weighted by atomic mass is 35.5. The second-order valence-corrected chi connectivity index (χ2v) is 9.77. The van der Waals surface area contributed by atoms with Crippen LogP contribution in [0.5, 0.6) is 11.5 Å². The van der Waals surface area contributed by atoms with Crippen molar-refractivity contribution >= 4 is 35.4 Å². The van der Waals surface area contributed by atoms with Crippen LogP contribution < -0.4 is 4.74 Å². The van der Waals surface area contributed by atoms with Gasteiger partial charge in [-0.25, -0.2) is 4.98 Å². The van der Waals surface area contributed by atoms with Crippen molar-refractivity contribution in [2.45, 2.75) is 19.9 Å².